The first-order chi connectivity index (χ1) is 23.1. The Balaban J connectivity index is 1.25. The van der Waals surface area contributed by atoms with Crippen LogP contribution in [-0.2, 0) is 28.7 Å². The molecule has 3 aliphatic heterocycles. The largest absolute Gasteiger partial charge is 0.481 e. The van der Waals surface area contributed by atoms with Crippen LogP contribution >= 0.6 is 11.3 Å². The minimum atomic E-state index is -4.56. The van der Waals surface area contributed by atoms with Gasteiger partial charge in [0.2, 0.25) is 0 Å². The van der Waals surface area contributed by atoms with Crippen LogP contribution in [0.2, 0.25) is 0 Å². The number of thiazole rings is 1. The third kappa shape index (κ3) is 7.81. The van der Waals surface area contributed by atoms with Crippen LogP contribution in [0.3, 0.4) is 0 Å². The molecule has 48 heavy (non-hydrogen) atoms. The molecule has 2 aromatic heterocycles. The van der Waals surface area contributed by atoms with Crippen LogP contribution in [-0.4, -0.2) is 88.7 Å². The summed E-state index contributed by atoms with van der Waals surface area (Å²) in [6.45, 7) is 6.24. The number of benzene rings is 1. The average Bonchev–Trinajstić information content (AvgIpc) is 3.71. The highest BCUT2D eigenvalue weighted by Crippen LogP contribution is 2.41. The summed E-state index contributed by atoms with van der Waals surface area (Å²) in [7, 11) is 0. The fourth-order valence-electron chi connectivity index (χ4n) is 6.96. The van der Waals surface area contributed by atoms with E-state index in [2.05, 4.69) is 21.8 Å². The molecule has 0 amide bonds. The molecule has 0 spiro atoms. The number of ether oxygens (including phenoxy) is 1. The fraction of sp³-hybridized carbons (Fsp3) is 0.559. The summed E-state index contributed by atoms with van der Waals surface area (Å²) < 4.78 is 48.7. The summed E-state index contributed by atoms with van der Waals surface area (Å²) in [4.78, 5) is 45.2. The first-order valence-corrected chi connectivity index (χ1v) is 17.5. The van der Waals surface area contributed by atoms with Gasteiger partial charge in [-0.15, -0.1) is 11.3 Å². The van der Waals surface area contributed by atoms with Gasteiger partial charge in [0.25, 0.3) is 0 Å². The number of likely N-dealkylation sites (tertiary alicyclic amines) is 1. The van der Waals surface area contributed by atoms with Crippen molar-refractivity contribution in [3.8, 4) is 11.3 Å². The van der Waals surface area contributed by atoms with Gasteiger partial charge in [-0.05, 0) is 50.8 Å². The summed E-state index contributed by atoms with van der Waals surface area (Å²) in [5.41, 5.74) is 0.472. The van der Waals surface area contributed by atoms with Crippen LogP contribution in [0.25, 0.3) is 11.3 Å². The molecule has 5 heterocycles. The summed E-state index contributed by atoms with van der Waals surface area (Å²) in [6, 6.07) is 4.86. The molecule has 0 saturated carbocycles. The molecule has 3 aromatic rings. The van der Waals surface area contributed by atoms with E-state index in [1.54, 1.807) is 11.0 Å². The number of halogens is 3. The normalized spacial score (nSPS) is 19.6. The Morgan fingerprint density at radius 3 is 2.46 bits per heavy atom. The van der Waals surface area contributed by atoms with E-state index in [0.717, 1.165) is 37.1 Å². The number of carboxylic acid groups (broad SMARTS) is 1. The van der Waals surface area contributed by atoms with E-state index in [0.29, 0.717) is 86.9 Å². The number of hydrogen-bond acceptors (Lipinski definition) is 10. The Hall–Kier alpha value is -3.62. The van der Waals surface area contributed by atoms with Gasteiger partial charge in [0.1, 0.15) is 16.5 Å². The predicted octanol–water partition coefficient (Wildman–Crippen LogP) is 5.95. The second-order valence-electron chi connectivity index (χ2n) is 12.7. The molecule has 0 aliphatic carbocycles. The molecule has 3 saturated heterocycles. The second kappa shape index (κ2) is 14.9. The molecule has 0 radical (unpaired) electrons. The molecular formula is C34H41F3N6O4S. The average molecular weight is 687 g/mol. The number of piperidine rings is 1. The van der Waals surface area contributed by atoms with Gasteiger partial charge in [0.05, 0.1) is 49.2 Å². The molecule has 10 nitrogen and oxygen atoms in total. The van der Waals surface area contributed by atoms with Crippen LogP contribution in [0.1, 0.15) is 71.4 Å². The van der Waals surface area contributed by atoms with Gasteiger partial charge in [0, 0.05) is 54.9 Å². The van der Waals surface area contributed by atoms with Crippen molar-refractivity contribution in [1.82, 2.24) is 19.9 Å². The lowest BCUT2D eigenvalue weighted by Gasteiger charge is -2.31. The van der Waals surface area contributed by atoms with Crippen LogP contribution in [0.5, 0.6) is 0 Å². The summed E-state index contributed by atoms with van der Waals surface area (Å²) in [5.74, 6) is -0.854. The second-order valence-corrected chi connectivity index (χ2v) is 13.9. The van der Waals surface area contributed by atoms with Crippen molar-refractivity contribution in [1.29, 1.82) is 0 Å². The Bertz CT molecular complexity index is 1590. The van der Waals surface area contributed by atoms with E-state index in [1.807, 2.05) is 4.90 Å². The molecule has 1 atom stereocenters. The maximum Gasteiger partial charge on any atom is 0.418 e. The predicted molar refractivity (Wildman–Crippen MR) is 177 cm³/mol. The molecule has 3 aliphatic rings. The van der Waals surface area contributed by atoms with Crippen LogP contribution in [0.4, 0.5) is 24.7 Å². The van der Waals surface area contributed by atoms with Crippen molar-refractivity contribution in [2.24, 2.45) is 5.92 Å². The number of morpholine rings is 1. The number of Topliss-reactive ketones (excluding diaryl/α,β-unsaturated/α-hetero) is 1. The number of hydrogen-bond donors (Lipinski definition) is 1. The summed E-state index contributed by atoms with van der Waals surface area (Å²) in [5, 5.41) is 9.78. The number of aromatic nitrogens is 3. The Kier molecular flexibility index (Phi) is 10.6. The van der Waals surface area contributed by atoms with Gasteiger partial charge in [-0.3, -0.25) is 14.5 Å². The van der Waals surface area contributed by atoms with Gasteiger partial charge < -0.3 is 19.6 Å². The molecule has 258 valence electrons. The van der Waals surface area contributed by atoms with Crippen LogP contribution in [0.15, 0.2) is 30.6 Å². The lowest BCUT2D eigenvalue weighted by atomic mass is 9.97. The Morgan fingerprint density at radius 1 is 1.02 bits per heavy atom. The third-order valence-electron chi connectivity index (χ3n) is 9.54. The highest BCUT2D eigenvalue weighted by Gasteiger charge is 2.36. The van der Waals surface area contributed by atoms with Crippen molar-refractivity contribution in [2.45, 2.75) is 70.6 Å². The first kappa shape index (κ1) is 34.3. The molecule has 0 bridgehead atoms. The Labute approximate surface area is 281 Å². The van der Waals surface area contributed by atoms with E-state index in [4.69, 9.17) is 9.72 Å². The number of nitrogens with zero attached hydrogens (tertiary/aromatic N) is 6. The molecule has 1 N–H and O–H groups in total. The maximum absolute atomic E-state index is 14.5. The van der Waals surface area contributed by atoms with Crippen LogP contribution in [0, 0.1) is 5.92 Å². The van der Waals surface area contributed by atoms with Crippen molar-refractivity contribution in [2.75, 3.05) is 55.7 Å². The van der Waals surface area contributed by atoms with Crippen LogP contribution < -0.4 is 9.80 Å². The van der Waals surface area contributed by atoms with Crippen molar-refractivity contribution in [3.63, 3.8) is 0 Å². The lowest BCUT2D eigenvalue weighted by Crippen LogP contribution is -2.37. The zero-order chi connectivity index (χ0) is 33.8. The van der Waals surface area contributed by atoms with Gasteiger partial charge >= 0.3 is 12.1 Å². The molecule has 14 heteroatoms. The lowest BCUT2D eigenvalue weighted by molar-refractivity contribution is -0.142. The number of anilines is 2. The highest BCUT2D eigenvalue weighted by molar-refractivity contribution is 7.12. The summed E-state index contributed by atoms with van der Waals surface area (Å²) >= 11 is 1.37. The van der Waals surface area contributed by atoms with Crippen molar-refractivity contribution in [3.05, 3.63) is 51.7 Å². The number of alkyl halides is 3. The number of carbonyl (C=O) groups is 2. The maximum atomic E-state index is 14.5. The molecule has 1 aromatic carbocycles. The topological polar surface area (TPSA) is 112 Å². The quantitative estimate of drug-likeness (QED) is 0.243. The van der Waals surface area contributed by atoms with Gasteiger partial charge in [-0.25, -0.2) is 15.0 Å². The third-order valence-corrected chi connectivity index (χ3v) is 10.6. The minimum absolute atomic E-state index is 0.0495. The fourth-order valence-corrected chi connectivity index (χ4v) is 8.07. The van der Waals surface area contributed by atoms with E-state index in [9.17, 15) is 27.9 Å². The number of rotatable bonds is 11. The zero-order valence-corrected chi connectivity index (χ0v) is 27.9. The number of carbonyl (C=O) groups excluding carboxylic acids is 1. The van der Waals surface area contributed by atoms with Crippen molar-refractivity contribution >= 4 is 34.6 Å². The molecule has 1 unspecified atom stereocenters. The SMILES string of the molecule is CCCC1CCCN1Cc1sc(CC(=O)c2cnc(N3CCC(C(=O)O)CC3)cn2)nc1-c1ccc(N2CCOCC2)c(C(F)(F)F)c1. The first-order valence-electron chi connectivity index (χ1n) is 16.7. The monoisotopic (exact) mass is 686 g/mol. The number of aliphatic carboxylic acids is 1. The smallest absolute Gasteiger partial charge is 0.418 e. The molecule has 3 fully saturated rings. The van der Waals surface area contributed by atoms with E-state index in [1.165, 1.54) is 35.9 Å². The summed E-state index contributed by atoms with van der Waals surface area (Å²) in [6.07, 6.45) is 3.65. The number of carboxylic acids is 1. The van der Waals surface area contributed by atoms with Crippen molar-refractivity contribution < 1.29 is 32.6 Å². The molecule has 6 rings (SSSR count). The zero-order valence-electron chi connectivity index (χ0n) is 27.0. The van der Waals surface area contributed by atoms with E-state index in [-0.39, 0.29) is 29.5 Å². The van der Waals surface area contributed by atoms with Gasteiger partial charge in [-0.2, -0.15) is 13.2 Å². The van der Waals surface area contributed by atoms with Gasteiger partial charge in [-0.1, -0.05) is 19.4 Å². The van der Waals surface area contributed by atoms with E-state index >= 15 is 0 Å². The minimum Gasteiger partial charge on any atom is -0.481 e. The van der Waals surface area contributed by atoms with E-state index < -0.39 is 17.7 Å². The standard InChI is InChI=1S/C34H41F3N6O4S/c1-2-4-24-5-3-10-43(24)21-29-32(23-6-7-27(25(17-23)34(35,36)37)41-13-15-47-16-14-41)40-31(48-29)18-28(44)26-19-39-30(20-38-26)42-11-8-22(9-12-42)33(45)46/h6-7,17,19-20,22,24H,2-5,8-16,18,21H2,1H3,(H,45,46). The number of ketones is 1. The molecular weight excluding hydrogens is 645 g/mol. The highest BCUT2D eigenvalue weighted by atomic mass is 32.1. The Morgan fingerprint density at radius 2 is 1.79 bits per heavy atom. The van der Waals surface area contributed by atoms with Gasteiger partial charge in [0.15, 0.2) is 5.78 Å².